The summed E-state index contributed by atoms with van der Waals surface area (Å²) in [6.07, 6.45) is 1.55. The molecule has 192 valence electrons. The van der Waals surface area contributed by atoms with Crippen molar-refractivity contribution in [2.24, 2.45) is 11.3 Å². The molecule has 0 radical (unpaired) electrons. The van der Waals surface area contributed by atoms with Crippen LogP contribution >= 0.6 is 0 Å². The summed E-state index contributed by atoms with van der Waals surface area (Å²) in [5.41, 5.74) is 0.701. The molecule has 1 amide bonds. The highest BCUT2D eigenvalue weighted by Crippen LogP contribution is 2.36. The topological polar surface area (TPSA) is 81.7 Å². The Balaban J connectivity index is 1.50. The highest BCUT2D eigenvalue weighted by molar-refractivity contribution is 5.97. The van der Waals surface area contributed by atoms with Gasteiger partial charge in [0.05, 0.1) is 20.2 Å². The molecule has 3 fully saturated rings. The number of carbonyl (C=O) groups is 3. The van der Waals surface area contributed by atoms with Gasteiger partial charge in [-0.25, -0.2) is 4.79 Å². The second-order valence-electron chi connectivity index (χ2n) is 11.2. The van der Waals surface area contributed by atoms with Gasteiger partial charge in [0.2, 0.25) is 11.7 Å². The molecule has 2 bridgehead atoms. The van der Waals surface area contributed by atoms with Gasteiger partial charge in [-0.3, -0.25) is 9.59 Å². The van der Waals surface area contributed by atoms with Crippen molar-refractivity contribution in [2.45, 2.75) is 45.8 Å². The van der Waals surface area contributed by atoms with Crippen molar-refractivity contribution in [1.29, 1.82) is 0 Å². The number of carbonyl (C=O) groups excluding carboxylic acids is 3. The van der Waals surface area contributed by atoms with E-state index in [1.807, 2.05) is 51.1 Å². The first-order chi connectivity index (χ1) is 17.1. The van der Waals surface area contributed by atoms with Crippen molar-refractivity contribution >= 4 is 17.7 Å². The zero-order valence-electron chi connectivity index (χ0n) is 21.7. The third-order valence-electron chi connectivity index (χ3n) is 7.53. The van der Waals surface area contributed by atoms with E-state index >= 15 is 0 Å². The van der Waals surface area contributed by atoms with Crippen molar-refractivity contribution in [3.63, 3.8) is 0 Å². The quantitative estimate of drug-likeness (QED) is 0.342. The number of benzene rings is 2. The van der Waals surface area contributed by atoms with Gasteiger partial charge in [-0.15, -0.1) is 0 Å². The largest absolute Gasteiger partial charge is 0.497 e. The van der Waals surface area contributed by atoms with E-state index in [-0.39, 0.29) is 23.7 Å². The van der Waals surface area contributed by atoms with E-state index in [0.29, 0.717) is 28.9 Å². The van der Waals surface area contributed by atoms with E-state index in [2.05, 4.69) is 5.32 Å². The fourth-order valence-corrected chi connectivity index (χ4v) is 5.24. The van der Waals surface area contributed by atoms with Crippen molar-refractivity contribution in [1.82, 2.24) is 5.32 Å². The SMILES string of the molecule is COc1ccc([C@H](NC(=O)C(C)(C)C)C(=O)O[C@H]2C[N+]3(CC(=O)c4ccccc4)CCC2CC3)cc1. The lowest BCUT2D eigenvalue weighted by atomic mass is 9.82. The molecule has 3 saturated heterocycles. The fraction of sp³-hybridized carbons (Fsp3) is 0.483. The third kappa shape index (κ3) is 5.78. The smallest absolute Gasteiger partial charge is 0.333 e. The molecule has 2 aromatic rings. The Morgan fingerprint density at radius 2 is 1.64 bits per heavy atom. The summed E-state index contributed by atoms with van der Waals surface area (Å²) < 4.78 is 12.0. The van der Waals surface area contributed by atoms with Gasteiger partial charge in [-0.05, 0) is 17.7 Å². The van der Waals surface area contributed by atoms with Gasteiger partial charge in [-0.2, -0.15) is 0 Å². The van der Waals surface area contributed by atoms with Crippen LogP contribution in [0.3, 0.4) is 0 Å². The molecular weight excluding hydrogens is 456 g/mol. The lowest BCUT2D eigenvalue weighted by Crippen LogP contribution is -2.66. The van der Waals surface area contributed by atoms with Crippen molar-refractivity contribution in [2.75, 3.05) is 33.3 Å². The summed E-state index contributed by atoms with van der Waals surface area (Å²) in [5.74, 6) is 0.361. The Kier molecular flexibility index (Phi) is 7.50. The van der Waals surface area contributed by atoms with Crippen LogP contribution in [0.25, 0.3) is 0 Å². The first-order valence-corrected chi connectivity index (χ1v) is 12.7. The summed E-state index contributed by atoms with van der Waals surface area (Å²) in [6, 6.07) is 15.5. The molecule has 3 aliphatic heterocycles. The lowest BCUT2D eigenvalue weighted by molar-refractivity contribution is -0.938. The maximum atomic E-state index is 13.5. The van der Waals surface area contributed by atoms with Crippen LogP contribution in [0.15, 0.2) is 54.6 Å². The number of Topliss-reactive ketones (excluding diaryl/α,β-unsaturated/α-hetero) is 1. The molecule has 2 aromatic carbocycles. The average molecular weight is 494 g/mol. The Morgan fingerprint density at radius 3 is 2.22 bits per heavy atom. The number of fused-ring (bicyclic) bond motifs is 3. The van der Waals surface area contributed by atoms with Gasteiger partial charge < -0.3 is 19.3 Å². The van der Waals surface area contributed by atoms with Crippen LogP contribution < -0.4 is 10.1 Å². The maximum absolute atomic E-state index is 13.5. The molecule has 5 rings (SSSR count). The molecule has 1 N–H and O–H groups in total. The van der Waals surface area contributed by atoms with E-state index in [0.717, 1.165) is 31.5 Å². The van der Waals surface area contributed by atoms with Crippen LogP contribution in [-0.4, -0.2) is 61.5 Å². The highest BCUT2D eigenvalue weighted by atomic mass is 16.5. The Labute approximate surface area is 213 Å². The van der Waals surface area contributed by atoms with Gasteiger partial charge in [0.1, 0.15) is 18.8 Å². The molecule has 3 aliphatic rings. The van der Waals surface area contributed by atoms with Gasteiger partial charge >= 0.3 is 5.97 Å². The molecule has 2 atom stereocenters. The molecule has 7 nitrogen and oxygen atoms in total. The summed E-state index contributed by atoms with van der Waals surface area (Å²) in [4.78, 5) is 39.3. The Morgan fingerprint density at radius 1 is 1.00 bits per heavy atom. The van der Waals surface area contributed by atoms with Gasteiger partial charge in [0.15, 0.2) is 12.1 Å². The second kappa shape index (κ2) is 10.4. The number of quaternary nitrogens is 1. The van der Waals surface area contributed by atoms with Gasteiger partial charge in [0.25, 0.3) is 0 Å². The Bertz CT molecular complexity index is 1080. The predicted octanol–water partition coefficient (Wildman–Crippen LogP) is 3.93. The molecule has 0 unspecified atom stereocenters. The summed E-state index contributed by atoms with van der Waals surface area (Å²) >= 11 is 0. The van der Waals surface area contributed by atoms with Crippen LogP contribution in [0.4, 0.5) is 0 Å². The molecule has 36 heavy (non-hydrogen) atoms. The number of nitrogens with zero attached hydrogens (tertiary/aromatic N) is 1. The fourth-order valence-electron chi connectivity index (χ4n) is 5.24. The lowest BCUT2D eigenvalue weighted by Gasteiger charge is -2.51. The summed E-state index contributed by atoms with van der Waals surface area (Å²) in [7, 11) is 1.58. The van der Waals surface area contributed by atoms with E-state index < -0.39 is 17.4 Å². The second-order valence-corrected chi connectivity index (χ2v) is 11.2. The van der Waals surface area contributed by atoms with Gasteiger partial charge in [-0.1, -0.05) is 63.2 Å². The van der Waals surface area contributed by atoms with Crippen molar-refractivity contribution < 1.29 is 28.3 Å². The summed E-state index contributed by atoms with van der Waals surface area (Å²) in [5, 5.41) is 2.89. The number of methoxy groups -OCH3 is 1. The van der Waals surface area contributed by atoms with Crippen LogP contribution in [0.5, 0.6) is 5.75 Å². The number of rotatable bonds is 8. The first-order valence-electron chi connectivity index (χ1n) is 12.7. The normalized spacial score (nSPS) is 24.0. The molecule has 0 aliphatic carbocycles. The van der Waals surface area contributed by atoms with E-state index in [4.69, 9.17) is 9.47 Å². The number of piperidine rings is 3. The maximum Gasteiger partial charge on any atom is 0.333 e. The third-order valence-corrected chi connectivity index (χ3v) is 7.53. The minimum Gasteiger partial charge on any atom is -0.497 e. The zero-order valence-corrected chi connectivity index (χ0v) is 21.7. The molecule has 7 heteroatoms. The number of esters is 1. The van der Waals surface area contributed by atoms with Crippen LogP contribution in [0, 0.1) is 11.3 Å². The first kappa shape index (κ1) is 25.9. The molecule has 0 aromatic heterocycles. The van der Waals surface area contributed by atoms with Crippen LogP contribution in [-0.2, 0) is 14.3 Å². The summed E-state index contributed by atoms with van der Waals surface area (Å²) in [6.45, 7) is 8.29. The minimum atomic E-state index is -0.919. The van der Waals surface area contributed by atoms with Crippen molar-refractivity contribution in [3.8, 4) is 5.75 Å². The number of amides is 1. The van der Waals surface area contributed by atoms with Gasteiger partial charge in [0, 0.05) is 29.7 Å². The molecular formula is C29H37N2O5+. The van der Waals surface area contributed by atoms with Crippen LogP contribution in [0.1, 0.15) is 55.6 Å². The van der Waals surface area contributed by atoms with Crippen molar-refractivity contribution in [3.05, 3.63) is 65.7 Å². The zero-order chi connectivity index (χ0) is 25.9. The average Bonchev–Trinajstić information content (AvgIpc) is 2.87. The molecule has 0 saturated carbocycles. The number of ether oxygens (including phenoxy) is 2. The van der Waals surface area contributed by atoms with E-state index in [9.17, 15) is 14.4 Å². The number of hydrogen-bond acceptors (Lipinski definition) is 5. The number of nitrogens with one attached hydrogen (secondary N) is 1. The van der Waals surface area contributed by atoms with E-state index in [1.54, 1.807) is 31.4 Å². The molecule has 0 spiro atoms. The standard InChI is InChI=1S/C29H36N2O5/c1-29(2,3)28(34)30-26(22-10-12-23(35-4)13-11-22)27(33)36-25-19-31(16-14-21(25)15-17-31)18-24(32)20-8-6-5-7-9-20/h5-13,21,25-26H,14-19H2,1-4H3/p+1/t21?,25-,26-,31?/m0/s1. The number of ketones is 1. The highest BCUT2D eigenvalue weighted by Gasteiger charge is 2.49. The molecule has 3 heterocycles. The monoisotopic (exact) mass is 493 g/mol. The van der Waals surface area contributed by atoms with E-state index in [1.165, 1.54) is 0 Å². The minimum absolute atomic E-state index is 0.120. The predicted molar refractivity (Wildman–Crippen MR) is 136 cm³/mol. The Hall–Kier alpha value is -3.19. The van der Waals surface area contributed by atoms with Crippen LogP contribution in [0.2, 0.25) is 0 Å². The number of hydrogen-bond donors (Lipinski definition) is 1.